The monoisotopic (exact) mass is 302 g/mol. The Morgan fingerprint density at radius 2 is 1.77 bits per heavy atom. The van der Waals surface area contributed by atoms with Crippen LogP contribution in [0.4, 0.5) is 0 Å². The van der Waals surface area contributed by atoms with Crippen molar-refractivity contribution in [2.75, 3.05) is 13.1 Å². The maximum atomic E-state index is 12.1. The Morgan fingerprint density at radius 1 is 1.14 bits per heavy atom. The highest BCUT2D eigenvalue weighted by molar-refractivity contribution is 5.94. The van der Waals surface area contributed by atoms with E-state index in [0.29, 0.717) is 25.2 Å². The molecule has 2 fully saturated rings. The van der Waals surface area contributed by atoms with Crippen molar-refractivity contribution in [3.05, 3.63) is 35.4 Å². The van der Waals surface area contributed by atoms with Crippen LogP contribution >= 0.6 is 0 Å². The van der Waals surface area contributed by atoms with Crippen molar-refractivity contribution < 1.29 is 14.7 Å². The Morgan fingerprint density at radius 3 is 2.36 bits per heavy atom. The molecule has 0 bridgehead atoms. The van der Waals surface area contributed by atoms with Crippen molar-refractivity contribution in [2.45, 2.75) is 38.3 Å². The van der Waals surface area contributed by atoms with Crippen LogP contribution in [0.1, 0.15) is 41.6 Å². The first kappa shape index (κ1) is 15.0. The van der Waals surface area contributed by atoms with Gasteiger partial charge in [-0.15, -0.1) is 0 Å². The zero-order valence-electron chi connectivity index (χ0n) is 12.6. The molecule has 0 atom stereocenters. The lowest BCUT2D eigenvalue weighted by Gasteiger charge is -2.35. The fourth-order valence-electron chi connectivity index (χ4n) is 3.09. The maximum Gasteiger partial charge on any atom is 0.254 e. The number of amides is 2. The molecule has 1 aromatic carbocycles. The second-order valence-corrected chi connectivity index (χ2v) is 6.26. The quantitative estimate of drug-likeness (QED) is 0.881. The number of hydrogen-bond acceptors (Lipinski definition) is 3. The summed E-state index contributed by atoms with van der Waals surface area (Å²) in [6.45, 7) is 1.34. The molecule has 0 aromatic heterocycles. The molecule has 0 radical (unpaired) electrons. The first-order chi connectivity index (χ1) is 10.6. The fourth-order valence-corrected chi connectivity index (χ4v) is 3.09. The first-order valence-electron chi connectivity index (χ1n) is 7.97. The molecule has 2 N–H and O–H groups in total. The zero-order valence-corrected chi connectivity index (χ0v) is 12.6. The van der Waals surface area contributed by atoms with E-state index in [1.807, 2.05) is 12.1 Å². The van der Waals surface area contributed by atoms with Crippen LogP contribution in [0.25, 0.3) is 0 Å². The molecule has 1 heterocycles. The average molecular weight is 302 g/mol. The van der Waals surface area contributed by atoms with Crippen LogP contribution in [-0.4, -0.2) is 41.0 Å². The molecule has 5 nitrogen and oxygen atoms in total. The molecule has 1 aliphatic carbocycles. The maximum absolute atomic E-state index is 12.1. The predicted molar refractivity (Wildman–Crippen MR) is 82.2 cm³/mol. The summed E-state index contributed by atoms with van der Waals surface area (Å²) in [4.78, 5) is 25.7. The van der Waals surface area contributed by atoms with E-state index in [1.165, 1.54) is 0 Å². The summed E-state index contributed by atoms with van der Waals surface area (Å²) >= 11 is 0. The predicted octanol–water partition coefficient (Wildman–Crippen LogP) is 1.31. The number of carbonyl (C=O) groups is 2. The number of rotatable bonds is 4. The number of benzene rings is 1. The molecule has 5 heteroatoms. The van der Waals surface area contributed by atoms with Gasteiger partial charge in [0.1, 0.15) is 0 Å². The average Bonchev–Trinajstić information content (AvgIpc) is 3.04. The number of aliphatic hydroxyl groups excluding tert-OH is 1. The van der Waals surface area contributed by atoms with Crippen molar-refractivity contribution in [2.24, 2.45) is 5.92 Å². The van der Waals surface area contributed by atoms with Crippen LogP contribution in [0.15, 0.2) is 24.3 Å². The minimum Gasteiger partial charge on any atom is -0.389 e. The van der Waals surface area contributed by atoms with E-state index < -0.39 is 0 Å². The van der Waals surface area contributed by atoms with E-state index in [2.05, 4.69) is 5.32 Å². The van der Waals surface area contributed by atoms with Gasteiger partial charge in [0.2, 0.25) is 5.91 Å². The molecular weight excluding hydrogens is 280 g/mol. The molecule has 1 saturated carbocycles. The van der Waals surface area contributed by atoms with Gasteiger partial charge in [-0.1, -0.05) is 25.0 Å². The number of β-amino-alcohol motifs (C(OH)–C–C–N with tert-alkyl or cyclic N) is 1. The largest absolute Gasteiger partial charge is 0.389 e. The normalized spacial score (nSPS) is 19.0. The molecule has 1 aromatic rings. The molecule has 0 spiro atoms. The van der Waals surface area contributed by atoms with Crippen LogP contribution in [0, 0.1) is 5.92 Å². The summed E-state index contributed by atoms with van der Waals surface area (Å²) in [5, 5.41) is 12.2. The number of nitrogens with zero attached hydrogens (tertiary/aromatic N) is 1. The van der Waals surface area contributed by atoms with Gasteiger partial charge < -0.3 is 15.3 Å². The molecule has 0 unspecified atom stereocenters. The zero-order chi connectivity index (χ0) is 15.5. The third-order valence-electron chi connectivity index (χ3n) is 4.54. The van der Waals surface area contributed by atoms with Gasteiger partial charge in [0.25, 0.3) is 5.91 Å². The Kier molecular flexibility index (Phi) is 4.43. The van der Waals surface area contributed by atoms with E-state index in [1.54, 1.807) is 17.0 Å². The van der Waals surface area contributed by atoms with Crippen molar-refractivity contribution >= 4 is 11.8 Å². The van der Waals surface area contributed by atoms with E-state index in [4.69, 9.17) is 0 Å². The van der Waals surface area contributed by atoms with E-state index in [-0.39, 0.29) is 23.8 Å². The smallest absolute Gasteiger partial charge is 0.254 e. The Bertz CT molecular complexity index is 544. The van der Waals surface area contributed by atoms with E-state index >= 15 is 0 Å². The summed E-state index contributed by atoms with van der Waals surface area (Å²) < 4.78 is 0. The SMILES string of the molecule is O=C(NCc1ccc(C(=O)N2CC(O)C2)cc1)C1CCCC1. The van der Waals surface area contributed by atoms with Crippen LogP contribution < -0.4 is 5.32 Å². The lowest BCUT2D eigenvalue weighted by molar-refractivity contribution is -0.124. The summed E-state index contributed by atoms with van der Waals surface area (Å²) in [6.07, 6.45) is 3.93. The van der Waals surface area contributed by atoms with Gasteiger partial charge in [-0.3, -0.25) is 9.59 Å². The molecular formula is C17H22N2O3. The Labute approximate surface area is 130 Å². The minimum atomic E-state index is -0.381. The van der Waals surface area contributed by atoms with Crippen molar-refractivity contribution in [3.63, 3.8) is 0 Å². The standard InChI is InChI=1S/C17H22N2O3/c20-15-10-19(11-15)17(22)14-7-5-12(6-8-14)9-18-16(21)13-3-1-2-4-13/h5-8,13,15,20H,1-4,9-11H2,(H,18,21). The molecule has 2 amide bonds. The highest BCUT2D eigenvalue weighted by Crippen LogP contribution is 2.24. The molecule has 1 saturated heterocycles. The van der Waals surface area contributed by atoms with Crippen molar-refractivity contribution in [3.8, 4) is 0 Å². The number of aliphatic hydroxyl groups is 1. The lowest BCUT2D eigenvalue weighted by Crippen LogP contribution is -2.53. The third-order valence-corrected chi connectivity index (χ3v) is 4.54. The van der Waals surface area contributed by atoms with E-state index in [9.17, 15) is 14.7 Å². The number of likely N-dealkylation sites (tertiary alicyclic amines) is 1. The van der Waals surface area contributed by atoms with Gasteiger partial charge in [-0.25, -0.2) is 0 Å². The minimum absolute atomic E-state index is 0.0492. The van der Waals surface area contributed by atoms with Crippen molar-refractivity contribution in [1.29, 1.82) is 0 Å². The van der Waals surface area contributed by atoms with Crippen LogP contribution in [0.3, 0.4) is 0 Å². The van der Waals surface area contributed by atoms with Crippen molar-refractivity contribution in [1.82, 2.24) is 10.2 Å². The number of hydrogen-bond donors (Lipinski definition) is 2. The summed E-state index contributed by atoms with van der Waals surface area (Å²) in [6, 6.07) is 7.31. The second kappa shape index (κ2) is 6.48. The molecule has 1 aliphatic heterocycles. The van der Waals surface area contributed by atoms with Crippen LogP contribution in [-0.2, 0) is 11.3 Å². The highest BCUT2D eigenvalue weighted by Gasteiger charge is 2.29. The fraction of sp³-hybridized carbons (Fsp3) is 0.529. The topological polar surface area (TPSA) is 69.6 Å². The van der Waals surface area contributed by atoms with Gasteiger partial charge in [0.15, 0.2) is 0 Å². The van der Waals surface area contributed by atoms with Gasteiger partial charge >= 0.3 is 0 Å². The third kappa shape index (κ3) is 3.30. The number of carbonyl (C=O) groups excluding carboxylic acids is 2. The number of nitrogens with one attached hydrogen (secondary N) is 1. The molecule has 2 aliphatic rings. The van der Waals surface area contributed by atoms with Gasteiger partial charge in [0.05, 0.1) is 6.10 Å². The molecule has 22 heavy (non-hydrogen) atoms. The Balaban J connectivity index is 1.50. The molecule has 118 valence electrons. The van der Waals surface area contributed by atoms with Gasteiger partial charge in [-0.2, -0.15) is 0 Å². The van der Waals surface area contributed by atoms with Gasteiger partial charge in [0, 0.05) is 31.1 Å². The van der Waals surface area contributed by atoms with Gasteiger partial charge in [-0.05, 0) is 30.5 Å². The summed E-state index contributed by atoms with van der Waals surface area (Å²) in [5.41, 5.74) is 1.62. The van der Waals surface area contributed by atoms with Crippen LogP contribution in [0.2, 0.25) is 0 Å². The summed E-state index contributed by atoms with van der Waals surface area (Å²) in [7, 11) is 0. The Hall–Kier alpha value is -1.88. The summed E-state index contributed by atoms with van der Waals surface area (Å²) in [5.74, 6) is 0.276. The highest BCUT2D eigenvalue weighted by atomic mass is 16.3. The lowest BCUT2D eigenvalue weighted by atomic mass is 10.1. The molecule has 3 rings (SSSR count). The first-order valence-corrected chi connectivity index (χ1v) is 7.97. The van der Waals surface area contributed by atoms with Crippen LogP contribution in [0.5, 0.6) is 0 Å². The van der Waals surface area contributed by atoms with E-state index in [0.717, 1.165) is 31.2 Å². The second-order valence-electron chi connectivity index (χ2n) is 6.26.